The number of hydrogen-bond donors (Lipinski definition) is 2. The van der Waals surface area contributed by atoms with E-state index in [-0.39, 0.29) is 16.2 Å². The molecule has 0 bridgehead atoms. The molecule has 3 rings (SSSR count). The fourth-order valence-electron chi connectivity index (χ4n) is 3.07. The van der Waals surface area contributed by atoms with Crippen LogP contribution in [0.4, 0.5) is 5.69 Å². The average Bonchev–Trinajstić information content (AvgIpc) is 2.74. The maximum Gasteiger partial charge on any atom is 0.255 e. The topological polar surface area (TPSA) is 88.2 Å². The highest BCUT2D eigenvalue weighted by atomic mass is 32.2. The Kier molecular flexibility index (Phi) is 6.57. The third-order valence-corrected chi connectivity index (χ3v) is 6.51. The number of carbonyl (C=O) groups excluding carboxylic acids is 1. The van der Waals surface area contributed by atoms with Crippen LogP contribution in [-0.2, 0) is 15.4 Å². The van der Waals surface area contributed by atoms with Crippen molar-refractivity contribution in [1.29, 1.82) is 0 Å². The SMILES string of the molecule is C[C@@H](NS(=O)(=O)c1ccc(C(C)(C)C)cc1)c1ccc(C(=O)Nc2cccnc2)cc1. The molecular weight excluding hydrogens is 410 g/mol. The number of amides is 1. The first-order valence-corrected chi connectivity index (χ1v) is 11.5. The molecule has 0 saturated carbocycles. The van der Waals surface area contributed by atoms with Crippen molar-refractivity contribution >= 4 is 21.6 Å². The van der Waals surface area contributed by atoms with Gasteiger partial charge in [0.1, 0.15) is 0 Å². The lowest BCUT2D eigenvalue weighted by Crippen LogP contribution is -2.27. The zero-order chi connectivity index (χ0) is 22.6. The standard InChI is InChI=1S/C24H27N3O3S/c1-17(27-31(29,30)22-13-11-20(12-14-22)24(2,3)4)18-7-9-19(10-8-18)23(28)26-21-6-5-15-25-16-21/h5-17,27H,1-4H3,(H,26,28)/t17-/m1/s1. The van der Waals surface area contributed by atoms with Crippen LogP contribution in [0.25, 0.3) is 0 Å². The number of benzene rings is 2. The lowest BCUT2D eigenvalue weighted by molar-refractivity contribution is 0.102. The first kappa shape index (κ1) is 22.7. The van der Waals surface area contributed by atoms with Gasteiger partial charge in [-0.15, -0.1) is 0 Å². The molecule has 0 saturated heterocycles. The minimum atomic E-state index is -3.67. The third-order valence-electron chi connectivity index (χ3n) is 4.95. The molecular formula is C24H27N3O3S. The van der Waals surface area contributed by atoms with Crippen molar-refractivity contribution in [2.45, 2.75) is 44.0 Å². The summed E-state index contributed by atoms with van der Waals surface area (Å²) < 4.78 is 28.2. The van der Waals surface area contributed by atoms with Crippen molar-refractivity contribution in [1.82, 2.24) is 9.71 Å². The van der Waals surface area contributed by atoms with Gasteiger partial charge >= 0.3 is 0 Å². The summed E-state index contributed by atoms with van der Waals surface area (Å²) in [5.41, 5.74) is 2.86. The molecule has 7 heteroatoms. The van der Waals surface area contributed by atoms with Crippen molar-refractivity contribution in [3.63, 3.8) is 0 Å². The summed E-state index contributed by atoms with van der Waals surface area (Å²) in [6, 6.07) is 16.8. The molecule has 1 heterocycles. The summed E-state index contributed by atoms with van der Waals surface area (Å²) in [7, 11) is -3.67. The second kappa shape index (κ2) is 8.99. The largest absolute Gasteiger partial charge is 0.321 e. The maximum atomic E-state index is 12.8. The van der Waals surface area contributed by atoms with Crippen molar-refractivity contribution in [3.8, 4) is 0 Å². The van der Waals surface area contributed by atoms with Gasteiger partial charge < -0.3 is 5.32 Å². The Balaban J connectivity index is 1.68. The molecule has 0 aliphatic heterocycles. The van der Waals surface area contributed by atoms with Gasteiger partial charge in [-0.1, -0.05) is 45.0 Å². The molecule has 1 amide bonds. The van der Waals surface area contributed by atoms with E-state index in [2.05, 4.69) is 35.8 Å². The van der Waals surface area contributed by atoms with E-state index in [4.69, 9.17) is 0 Å². The predicted octanol–water partition coefficient (Wildman–Crippen LogP) is 4.67. The summed E-state index contributed by atoms with van der Waals surface area (Å²) in [5, 5.41) is 2.77. The zero-order valence-electron chi connectivity index (χ0n) is 18.1. The number of rotatable bonds is 6. The monoisotopic (exact) mass is 437 g/mol. The predicted molar refractivity (Wildman–Crippen MR) is 123 cm³/mol. The Labute approximate surface area is 183 Å². The summed E-state index contributed by atoms with van der Waals surface area (Å²) in [6.45, 7) is 8.01. The molecule has 0 aliphatic rings. The van der Waals surface area contributed by atoms with Crippen LogP contribution in [0.15, 0.2) is 78.0 Å². The quantitative estimate of drug-likeness (QED) is 0.586. The van der Waals surface area contributed by atoms with Gasteiger partial charge in [0.05, 0.1) is 16.8 Å². The van der Waals surface area contributed by atoms with Crippen LogP contribution in [0.1, 0.15) is 55.2 Å². The third kappa shape index (κ3) is 5.77. The zero-order valence-corrected chi connectivity index (χ0v) is 18.9. The summed E-state index contributed by atoms with van der Waals surface area (Å²) in [4.78, 5) is 16.5. The van der Waals surface area contributed by atoms with Crippen LogP contribution in [0.2, 0.25) is 0 Å². The number of carbonyl (C=O) groups is 1. The Morgan fingerprint density at radius 2 is 1.61 bits per heavy atom. The molecule has 31 heavy (non-hydrogen) atoms. The van der Waals surface area contributed by atoms with E-state index in [1.165, 1.54) is 0 Å². The highest BCUT2D eigenvalue weighted by Gasteiger charge is 2.20. The lowest BCUT2D eigenvalue weighted by atomic mass is 9.87. The van der Waals surface area contributed by atoms with E-state index in [0.29, 0.717) is 11.3 Å². The molecule has 1 atom stereocenters. The van der Waals surface area contributed by atoms with E-state index in [0.717, 1.165) is 11.1 Å². The molecule has 3 aromatic rings. The van der Waals surface area contributed by atoms with Crippen molar-refractivity contribution in [3.05, 3.63) is 89.7 Å². The van der Waals surface area contributed by atoms with E-state index in [1.54, 1.807) is 67.8 Å². The molecule has 0 radical (unpaired) electrons. The molecule has 6 nitrogen and oxygen atoms in total. The molecule has 2 aromatic carbocycles. The van der Waals surface area contributed by atoms with Gasteiger partial charge in [-0.2, -0.15) is 0 Å². The molecule has 0 spiro atoms. The fourth-order valence-corrected chi connectivity index (χ4v) is 4.30. The Bertz CT molecular complexity index is 1140. The average molecular weight is 438 g/mol. The van der Waals surface area contributed by atoms with Crippen LogP contribution >= 0.6 is 0 Å². The molecule has 2 N–H and O–H groups in total. The van der Waals surface area contributed by atoms with Gasteiger partial charge in [-0.3, -0.25) is 9.78 Å². The Hall–Kier alpha value is -3.03. The fraction of sp³-hybridized carbons (Fsp3) is 0.250. The van der Waals surface area contributed by atoms with E-state index in [9.17, 15) is 13.2 Å². The van der Waals surface area contributed by atoms with Crippen LogP contribution in [0, 0.1) is 0 Å². The van der Waals surface area contributed by atoms with Crippen LogP contribution in [0.5, 0.6) is 0 Å². The lowest BCUT2D eigenvalue weighted by Gasteiger charge is -2.20. The minimum absolute atomic E-state index is 0.0475. The van der Waals surface area contributed by atoms with Gasteiger partial charge in [0.25, 0.3) is 5.91 Å². The van der Waals surface area contributed by atoms with Gasteiger partial charge in [0.15, 0.2) is 0 Å². The molecule has 0 fully saturated rings. The smallest absolute Gasteiger partial charge is 0.255 e. The summed E-state index contributed by atoms with van der Waals surface area (Å²) in [5.74, 6) is -0.258. The second-order valence-corrected chi connectivity index (χ2v) is 10.1. The number of anilines is 1. The van der Waals surface area contributed by atoms with Gasteiger partial charge in [-0.25, -0.2) is 13.1 Å². The van der Waals surface area contributed by atoms with E-state index < -0.39 is 16.1 Å². The van der Waals surface area contributed by atoms with Gasteiger partial charge in [0, 0.05) is 17.8 Å². The highest BCUT2D eigenvalue weighted by Crippen LogP contribution is 2.24. The summed E-state index contributed by atoms with van der Waals surface area (Å²) >= 11 is 0. The number of nitrogens with one attached hydrogen (secondary N) is 2. The normalized spacial score (nSPS) is 12.9. The molecule has 0 unspecified atom stereocenters. The number of hydrogen-bond acceptors (Lipinski definition) is 4. The maximum absolute atomic E-state index is 12.8. The van der Waals surface area contributed by atoms with Crippen LogP contribution in [0.3, 0.4) is 0 Å². The van der Waals surface area contributed by atoms with E-state index >= 15 is 0 Å². The number of nitrogens with zero attached hydrogens (tertiary/aromatic N) is 1. The first-order valence-electron chi connectivity index (χ1n) is 10.0. The van der Waals surface area contributed by atoms with Gasteiger partial charge in [-0.05, 0) is 59.9 Å². The van der Waals surface area contributed by atoms with E-state index in [1.807, 2.05) is 12.1 Å². The molecule has 1 aromatic heterocycles. The number of aromatic nitrogens is 1. The molecule has 162 valence electrons. The number of pyridine rings is 1. The van der Waals surface area contributed by atoms with Crippen molar-refractivity contribution < 1.29 is 13.2 Å². The Morgan fingerprint density at radius 3 is 2.16 bits per heavy atom. The van der Waals surface area contributed by atoms with Crippen LogP contribution in [-0.4, -0.2) is 19.3 Å². The second-order valence-electron chi connectivity index (χ2n) is 8.44. The minimum Gasteiger partial charge on any atom is -0.321 e. The van der Waals surface area contributed by atoms with Crippen LogP contribution < -0.4 is 10.0 Å². The number of sulfonamides is 1. The molecule has 0 aliphatic carbocycles. The Morgan fingerprint density at radius 1 is 0.968 bits per heavy atom. The van der Waals surface area contributed by atoms with Gasteiger partial charge in [0.2, 0.25) is 10.0 Å². The first-order chi connectivity index (χ1) is 14.6. The van der Waals surface area contributed by atoms with Crippen molar-refractivity contribution in [2.24, 2.45) is 0 Å². The highest BCUT2D eigenvalue weighted by molar-refractivity contribution is 7.89. The summed E-state index contributed by atoms with van der Waals surface area (Å²) in [6.07, 6.45) is 3.20. The van der Waals surface area contributed by atoms with Crippen molar-refractivity contribution in [2.75, 3.05) is 5.32 Å².